The normalized spacial score (nSPS) is 30.3. The zero-order valence-corrected chi connectivity index (χ0v) is 24.9. The highest BCUT2D eigenvalue weighted by atomic mass is 32.2. The van der Waals surface area contributed by atoms with Crippen molar-refractivity contribution >= 4 is 35.2 Å². The second kappa shape index (κ2) is 11.7. The fourth-order valence-corrected chi connectivity index (χ4v) is 9.50. The Kier molecular flexibility index (Phi) is 8.03. The third-order valence-electron chi connectivity index (χ3n) is 9.23. The largest absolute Gasteiger partial charge is 0.396 e. The molecular weight excluding hydrogens is 546 g/mol. The molecule has 0 saturated carbocycles. The fraction of sp³-hybridized carbons (Fsp3) is 0.441. The predicted molar refractivity (Wildman–Crippen MR) is 166 cm³/mol. The number of thioether (sulfide) groups is 1. The molecule has 42 heavy (non-hydrogen) atoms. The summed E-state index contributed by atoms with van der Waals surface area (Å²) in [5.41, 5.74) is 1.85. The zero-order valence-electron chi connectivity index (χ0n) is 24.1. The van der Waals surface area contributed by atoms with E-state index in [2.05, 4.69) is 19.1 Å². The van der Waals surface area contributed by atoms with Gasteiger partial charge in [-0.3, -0.25) is 14.4 Å². The predicted octanol–water partition coefficient (Wildman–Crippen LogP) is 4.43. The highest BCUT2D eigenvalue weighted by Gasteiger charge is 2.73. The van der Waals surface area contributed by atoms with Gasteiger partial charge < -0.3 is 19.8 Å². The quantitative estimate of drug-likeness (QED) is 0.348. The van der Waals surface area contributed by atoms with Crippen molar-refractivity contribution in [3.05, 3.63) is 90.5 Å². The Morgan fingerprint density at radius 2 is 1.50 bits per heavy atom. The highest BCUT2D eigenvalue weighted by Crippen LogP contribution is 2.65. The first-order valence-electron chi connectivity index (χ1n) is 15.1. The minimum Gasteiger partial charge on any atom is -0.396 e. The van der Waals surface area contributed by atoms with Crippen LogP contribution in [0.2, 0.25) is 0 Å². The molecule has 2 saturated heterocycles. The Labute approximate surface area is 252 Å². The summed E-state index contributed by atoms with van der Waals surface area (Å²) in [7, 11) is 0. The molecule has 0 radical (unpaired) electrons. The summed E-state index contributed by atoms with van der Waals surface area (Å²) < 4.78 is -1.48. The van der Waals surface area contributed by atoms with Crippen LogP contribution in [0.3, 0.4) is 0 Å². The number of benzene rings is 2. The van der Waals surface area contributed by atoms with Gasteiger partial charge in [-0.1, -0.05) is 85.7 Å². The number of nitrogens with zero attached hydrogens (tertiary/aromatic N) is 3. The third kappa shape index (κ3) is 4.88. The number of fused-ring (bicyclic) bond motifs is 2. The first-order valence-corrected chi connectivity index (χ1v) is 15.9. The molecule has 1 unspecified atom stereocenters. The monoisotopic (exact) mass is 585 g/mol. The SMILES string of the molecule is C[C@]12C=CCN(c3ccccc3)C(=O)[C@H]1[C@H]1C(=O)N(CCCCCCO)C3C(=O)N(Cc4ccccc4)CC=C[C@@]31S2. The van der Waals surface area contributed by atoms with Crippen LogP contribution in [-0.2, 0) is 20.9 Å². The van der Waals surface area contributed by atoms with Gasteiger partial charge in [-0.2, -0.15) is 0 Å². The molecule has 4 aliphatic heterocycles. The lowest BCUT2D eigenvalue weighted by molar-refractivity contribution is -0.143. The molecule has 8 heteroatoms. The van der Waals surface area contributed by atoms with Crippen molar-refractivity contribution in [2.24, 2.45) is 11.8 Å². The smallest absolute Gasteiger partial charge is 0.247 e. The first-order chi connectivity index (χ1) is 20.4. The molecule has 7 nitrogen and oxygen atoms in total. The van der Waals surface area contributed by atoms with Gasteiger partial charge in [0.15, 0.2) is 0 Å². The van der Waals surface area contributed by atoms with Gasteiger partial charge in [-0.05, 0) is 37.5 Å². The van der Waals surface area contributed by atoms with E-state index in [0.29, 0.717) is 26.2 Å². The van der Waals surface area contributed by atoms with E-state index in [-0.39, 0.29) is 24.3 Å². The molecule has 0 aromatic heterocycles. The van der Waals surface area contributed by atoms with E-state index < -0.39 is 27.4 Å². The summed E-state index contributed by atoms with van der Waals surface area (Å²) >= 11 is 1.63. The maximum atomic E-state index is 14.6. The molecule has 0 bridgehead atoms. The molecule has 0 aliphatic carbocycles. The molecule has 4 aliphatic rings. The summed E-state index contributed by atoms with van der Waals surface area (Å²) in [6.45, 7) is 4.04. The molecule has 2 aromatic carbocycles. The van der Waals surface area contributed by atoms with Crippen molar-refractivity contribution in [3.8, 4) is 0 Å². The molecule has 4 heterocycles. The molecule has 3 amide bonds. The molecule has 5 atom stereocenters. The second-order valence-electron chi connectivity index (χ2n) is 12.0. The van der Waals surface area contributed by atoms with Crippen molar-refractivity contribution in [1.82, 2.24) is 9.80 Å². The van der Waals surface area contributed by atoms with Gasteiger partial charge in [0.05, 0.1) is 16.6 Å². The van der Waals surface area contributed by atoms with Gasteiger partial charge in [0, 0.05) is 43.2 Å². The Balaban J connectivity index is 1.39. The molecule has 2 fully saturated rings. The fourth-order valence-electron chi connectivity index (χ4n) is 7.34. The minimum absolute atomic E-state index is 0.0565. The van der Waals surface area contributed by atoms with Gasteiger partial charge in [-0.15, -0.1) is 11.8 Å². The number of carbonyl (C=O) groups is 3. The number of carbonyl (C=O) groups excluding carboxylic acids is 3. The summed E-state index contributed by atoms with van der Waals surface area (Å²) in [6, 6.07) is 18.9. The highest BCUT2D eigenvalue weighted by molar-refractivity contribution is 8.02. The Morgan fingerprint density at radius 3 is 2.24 bits per heavy atom. The van der Waals surface area contributed by atoms with Crippen LogP contribution < -0.4 is 4.90 Å². The number of hydrogen-bond acceptors (Lipinski definition) is 5. The van der Waals surface area contributed by atoms with Gasteiger partial charge in [0.2, 0.25) is 17.7 Å². The number of hydrogen-bond donors (Lipinski definition) is 1. The van der Waals surface area contributed by atoms with E-state index in [1.54, 1.807) is 21.6 Å². The zero-order chi connectivity index (χ0) is 29.3. The van der Waals surface area contributed by atoms with Crippen molar-refractivity contribution in [2.75, 3.05) is 31.1 Å². The van der Waals surface area contributed by atoms with E-state index in [1.807, 2.05) is 77.7 Å². The van der Waals surface area contributed by atoms with E-state index in [4.69, 9.17) is 0 Å². The van der Waals surface area contributed by atoms with Crippen LogP contribution in [0.4, 0.5) is 5.69 Å². The summed E-state index contributed by atoms with van der Waals surface area (Å²) in [5.74, 6) is -1.47. The summed E-state index contributed by atoms with van der Waals surface area (Å²) in [6.07, 6.45) is 11.5. The van der Waals surface area contributed by atoms with Crippen LogP contribution in [0.25, 0.3) is 0 Å². The Morgan fingerprint density at radius 1 is 0.810 bits per heavy atom. The number of anilines is 1. The molecule has 1 spiro atoms. The van der Waals surface area contributed by atoms with Crippen LogP contribution >= 0.6 is 11.8 Å². The number of aliphatic hydroxyl groups excluding tert-OH is 1. The van der Waals surface area contributed by atoms with Gasteiger partial charge in [-0.25, -0.2) is 0 Å². The van der Waals surface area contributed by atoms with Crippen molar-refractivity contribution in [1.29, 1.82) is 0 Å². The van der Waals surface area contributed by atoms with Gasteiger partial charge in [0.25, 0.3) is 0 Å². The van der Waals surface area contributed by atoms with Crippen molar-refractivity contribution in [3.63, 3.8) is 0 Å². The Bertz CT molecular complexity index is 1380. The average Bonchev–Trinajstić information content (AvgIpc) is 3.26. The average molecular weight is 586 g/mol. The topological polar surface area (TPSA) is 81.2 Å². The standard InChI is InChI=1S/C34H39N3O4S/c1-33-18-12-22-36(26-16-8-5-9-17-26)30(39)27(33)28-31(40)37(21-10-2-3-11-23-38)29-32(41)35(20-13-19-34(28,29)42-33)24-25-14-6-4-7-15-25/h4-9,12-19,27-29,38H,2-3,10-11,20-24H2,1H3/t27-,28+,29?,33+,34+/m1/s1. The third-order valence-corrected chi connectivity index (χ3v) is 11.0. The van der Waals surface area contributed by atoms with E-state index in [1.165, 1.54) is 0 Å². The number of likely N-dealkylation sites (tertiary alicyclic amines) is 1. The first kappa shape index (κ1) is 28.7. The van der Waals surface area contributed by atoms with E-state index >= 15 is 0 Å². The van der Waals surface area contributed by atoms with E-state index in [0.717, 1.165) is 36.9 Å². The maximum Gasteiger partial charge on any atom is 0.247 e. The van der Waals surface area contributed by atoms with E-state index in [9.17, 15) is 19.5 Å². The van der Waals surface area contributed by atoms with Crippen LogP contribution in [0.15, 0.2) is 85.0 Å². The molecule has 6 rings (SSSR count). The van der Waals surface area contributed by atoms with Crippen molar-refractivity contribution < 1.29 is 19.5 Å². The van der Waals surface area contributed by atoms with Crippen LogP contribution in [0.1, 0.15) is 38.2 Å². The number of aliphatic hydroxyl groups is 1. The van der Waals surface area contributed by atoms with Gasteiger partial charge >= 0.3 is 0 Å². The van der Waals surface area contributed by atoms with Crippen molar-refractivity contribution in [2.45, 2.75) is 54.7 Å². The number of unbranched alkanes of at least 4 members (excludes halogenated alkanes) is 3. The number of rotatable bonds is 9. The van der Waals surface area contributed by atoms with Crippen LogP contribution in [-0.4, -0.2) is 74.4 Å². The lowest BCUT2D eigenvalue weighted by Crippen LogP contribution is -2.53. The lowest BCUT2D eigenvalue weighted by atomic mass is 9.74. The molecule has 1 N–H and O–H groups in total. The second-order valence-corrected chi connectivity index (χ2v) is 13.8. The van der Waals surface area contributed by atoms with Crippen LogP contribution in [0.5, 0.6) is 0 Å². The number of para-hydroxylation sites is 1. The summed E-state index contributed by atoms with van der Waals surface area (Å²) in [5, 5.41) is 9.22. The lowest BCUT2D eigenvalue weighted by Gasteiger charge is -2.37. The van der Waals surface area contributed by atoms with Gasteiger partial charge in [0.1, 0.15) is 6.04 Å². The molecular formula is C34H39N3O4S. The summed E-state index contributed by atoms with van der Waals surface area (Å²) in [4.78, 5) is 49.0. The maximum absolute atomic E-state index is 14.6. The Hall–Kier alpha value is -3.36. The van der Waals surface area contributed by atoms with Crippen LogP contribution in [0, 0.1) is 11.8 Å². The minimum atomic E-state index is -0.843. The molecule has 220 valence electrons. The number of amides is 3. The molecule has 2 aromatic rings.